The maximum absolute atomic E-state index is 13.3. The number of rotatable bonds is 7. The van der Waals surface area contributed by atoms with E-state index in [1.165, 1.54) is 6.07 Å². The zero-order chi connectivity index (χ0) is 13.6. The van der Waals surface area contributed by atoms with E-state index in [1.54, 1.807) is 6.07 Å². The molecule has 0 amide bonds. The first-order valence-electron chi connectivity index (χ1n) is 6.28. The molecule has 0 atom stereocenters. The third-order valence-corrected chi connectivity index (χ3v) is 5.09. The molecule has 0 radical (unpaired) electrons. The van der Waals surface area contributed by atoms with Crippen molar-refractivity contribution in [1.29, 1.82) is 0 Å². The molecular formula is C14H20BrClFN. The zero-order valence-electron chi connectivity index (χ0n) is 10.9. The van der Waals surface area contributed by atoms with Crippen molar-refractivity contribution in [1.82, 2.24) is 5.32 Å². The van der Waals surface area contributed by atoms with Crippen LogP contribution >= 0.6 is 27.5 Å². The van der Waals surface area contributed by atoms with E-state index in [2.05, 4.69) is 35.1 Å². The van der Waals surface area contributed by atoms with Crippen molar-refractivity contribution in [3.8, 4) is 0 Å². The predicted molar refractivity (Wildman–Crippen MR) is 79.5 cm³/mol. The van der Waals surface area contributed by atoms with Crippen LogP contribution in [0.15, 0.2) is 22.7 Å². The van der Waals surface area contributed by atoms with Gasteiger partial charge in [-0.05, 0) is 45.8 Å². The number of hydrogen-bond acceptors (Lipinski definition) is 1. The lowest BCUT2D eigenvalue weighted by molar-refractivity contribution is 0.286. The second-order valence-electron chi connectivity index (χ2n) is 4.66. The molecule has 1 aromatic carbocycles. The third kappa shape index (κ3) is 3.94. The van der Waals surface area contributed by atoms with Gasteiger partial charge < -0.3 is 5.32 Å². The molecule has 1 rings (SSSR count). The van der Waals surface area contributed by atoms with Crippen LogP contribution < -0.4 is 5.32 Å². The summed E-state index contributed by atoms with van der Waals surface area (Å²) in [5.41, 5.74) is 1.08. The van der Waals surface area contributed by atoms with E-state index in [4.69, 9.17) is 11.6 Å². The van der Waals surface area contributed by atoms with Crippen LogP contribution in [0.4, 0.5) is 4.39 Å². The summed E-state index contributed by atoms with van der Waals surface area (Å²) in [6.45, 7) is 5.82. The van der Waals surface area contributed by atoms with E-state index in [0.717, 1.165) is 24.9 Å². The van der Waals surface area contributed by atoms with Gasteiger partial charge in [0.2, 0.25) is 0 Å². The first kappa shape index (κ1) is 15.9. The molecule has 0 bridgehead atoms. The van der Waals surface area contributed by atoms with Crippen molar-refractivity contribution >= 4 is 27.5 Å². The summed E-state index contributed by atoms with van der Waals surface area (Å²) in [5, 5.41) is 3.38. The van der Waals surface area contributed by atoms with Crippen molar-refractivity contribution < 1.29 is 4.39 Å². The summed E-state index contributed by atoms with van der Waals surface area (Å²) < 4.78 is 13.9. The highest BCUT2D eigenvalue weighted by atomic mass is 79.9. The van der Waals surface area contributed by atoms with Crippen LogP contribution in [0.5, 0.6) is 0 Å². The van der Waals surface area contributed by atoms with Gasteiger partial charge in [-0.1, -0.05) is 26.0 Å². The number of halogens is 3. The molecule has 0 saturated heterocycles. The molecule has 1 N–H and O–H groups in total. The summed E-state index contributed by atoms with van der Waals surface area (Å²) in [5.74, 6) is 0.431. The zero-order valence-corrected chi connectivity index (χ0v) is 13.2. The lowest BCUT2D eigenvalue weighted by Gasteiger charge is -2.29. The normalized spacial score (nSPS) is 11.8. The Balaban J connectivity index is 2.58. The minimum atomic E-state index is -0.219. The fourth-order valence-corrected chi connectivity index (χ4v) is 2.76. The van der Waals surface area contributed by atoms with Crippen molar-refractivity contribution in [3.63, 3.8) is 0 Å². The minimum absolute atomic E-state index is 0.140. The average molecular weight is 337 g/mol. The Bertz CT molecular complexity index is 372. The van der Waals surface area contributed by atoms with E-state index >= 15 is 0 Å². The Hall–Kier alpha value is -0.120. The quantitative estimate of drug-likeness (QED) is 0.710. The molecule has 1 nitrogen and oxygen atoms in total. The number of hydrogen-bond donors (Lipinski definition) is 1. The molecule has 0 fully saturated rings. The van der Waals surface area contributed by atoms with Crippen LogP contribution in [0.1, 0.15) is 32.3 Å². The topological polar surface area (TPSA) is 12.0 Å². The highest BCUT2D eigenvalue weighted by Gasteiger charge is 2.24. The van der Waals surface area contributed by atoms with Gasteiger partial charge in [0.25, 0.3) is 0 Å². The van der Waals surface area contributed by atoms with E-state index in [0.29, 0.717) is 16.9 Å². The molecule has 0 heterocycles. The Kier molecular flexibility index (Phi) is 6.61. The molecule has 1 aromatic rings. The third-order valence-electron chi connectivity index (χ3n) is 3.63. The smallest absolute Gasteiger partial charge is 0.137 e. The number of benzene rings is 1. The van der Waals surface area contributed by atoms with Gasteiger partial charge in [-0.25, -0.2) is 4.39 Å². The van der Waals surface area contributed by atoms with Gasteiger partial charge >= 0.3 is 0 Å². The highest BCUT2D eigenvalue weighted by molar-refractivity contribution is 9.10. The van der Waals surface area contributed by atoms with Crippen LogP contribution in [0.3, 0.4) is 0 Å². The lowest BCUT2D eigenvalue weighted by atomic mass is 9.84. The standard InChI is InChI=1S/C14H20BrClFN/c1-3-14(4-2,9-16)10-18-8-11-6-5-7-12(17)13(11)15/h5-7,18H,3-4,8-10H2,1-2H3. The number of alkyl halides is 1. The molecule has 0 aliphatic carbocycles. The molecule has 18 heavy (non-hydrogen) atoms. The van der Waals surface area contributed by atoms with Gasteiger partial charge in [0, 0.05) is 19.0 Å². The SMILES string of the molecule is CCC(CC)(CCl)CNCc1cccc(F)c1Br. The van der Waals surface area contributed by atoms with Gasteiger partial charge in [-0.2, -0.15) is 0 Å². The van der Waals surface area contributed by atoms with Crippen molar-refractivity contribution in [3.05, 3.63) is 34.1 Å². The fourth-order valence-electron chi connectivity index (χ4n) is 1.88. The molecule has 0 aliphatic rings. The van der Waals surface area contributed by atoms with Gasteiger partial charge in [0.15, 0.2) is 0 Å². The maximum Gasteiger partial charge on any atom is 0.137 e. The minimum Gasteiger partial charge on any atom is -0.312 e. The summed E-state index contributed by atoms with van der Waals surface area (Å²) in [6, 6.07) is 5.10. The molecule has 0 aliphatic heterocycles. The molecule has 0 unspecified atom stereocenters. The largest absolute Gasteiger partial charge is 0.312 e. The lowest BCUT2D eigenvalue weighted by Crippen LogP contribution is -2.34. The average Bonchev–Trinajstić information content (AvgIpc) is 2.40. The molecular weight excluding hydrogens is 317 g/mol. The van der Waals surface area contributed by atoms with Crippen LogP contribution in [0, 0.1) is 11.2 Å². The van der Waals surface area contributed by atoms with Gasteiger partial charge in [-0.15, -0.1) is 11.6 Å². The molecule has 0 saturated carbocycles. The first-order valence-corrected chi connectivity index (χ1v) is 7.61. The molecule has 0 aromatic heterocycles. The van der Waals surface area contributed by atoms with Crippen molar-refractivity contribution in [2.24, 2.45) is 5.41 Å². The second kappa shape index (κ2) is 7.46. The maximum atomic E-state index is 13.3. The molecule has 4 heteroatoms. The highest BCUT2D eigenvalue weighted by Crippen LogP contribution is 2.27. The van der Waals surface area contributed by atoms with Gasteiger partial charge in [-0.3, -0.25) is 0 Å². The van der Waals surface area contributed by atoms with Crippen LogP contribution in [0.2, 0.25) is 0 Å². The van der Waals surface area contributed by atoms with E-state index in [1.807, 2.05) is 6.07 Å². The van der Waals surface area contributed by atoms with Crippen LogP contribution in [-0.4, -0.2) is 12.4 Å². The summed E-state index contributed by atoms with van der Waals surface area (Å²) in [6.07, 6.45) is 2.09. The van der Waals surface area contributed by atoms with Gasteiger partial charge in [0.1, 0.15) is 5.82 Å². The molecule has 102 valence electrons. The Morgan fingerprint density at radius 2 is 2.00 bits per heavy atom. The predicted octanol–water partition coefficient (Wildman–Crippen LogP) is 4.72. The van der Waals surface area contributed by atoms with Crippen molar-refractivity contribution in [2.75, 3.05) is 12.4 Å². The van der Waals surface area contributed by atoms with Crippen molar-refractivity contribution in [2.45, 2.75) is 33.2 Å². The Morgan fingerprint density at radius 1 is 1.33 bits per heavy atom. The number of nitrogens with one attached hydrogen (secondary N) is 1. The van der Waals surface area contributed by atoms with E-state index in [-0.39, 0.29) is 11.2 Å². The second-order valence-corrected chi connectivity index (χ2v) is 5.72. The fraction of sp³-hybridized carbons (Fsp3) is 0.571. The first-order chi connectivity index (χ1) is 8.58. The van der Waals surface area contributed by atoms with Gasteiger partial charge in [0.05, 0.1) is 4.47 Å². The van der Waals surface area contributed by atoms with E-state index in [9.17, 15) is 4.39 Å². The molecule has 0 spiro atoms. The van der Waals surface area contributed by atoms with Crippen LogP contribution in [-0.2, 0) is 6.54 Å². The summed E-state index contributed by atoms with van der Waals surface area (Å²) in [7, 11) is 0. The Labute approximate surface area is 122 Å². The van der Waals surface area contributed by atoms with E-state index < -0.39 is 0 Å². The summed E-state index contributed by atoms with van der Waals surface area (Å²) >= 11 is 9.32. The summed E-state index contributed by atoms with van der Waals surface area (Å²) in [4.78, 5) is 0. The monoisotopic (exact) mass is 335 g/mol. The Morgan fingerprint density at radius 3 is 2.56 bits per heavy atom. The van der Waals surface area contributed by atoms with Crippen LogP contribution in [0.25, 0.3) is 0 Å².